The van der Waals surface area contributed by atoms with Gasteiger partial charge in [0.15, 0.2) is 6.61 Å². The molecule has 3 rings (SSSR count). The molecular formula is C20H19N3O6. The second-order valence-electron chi connectivity index (χ2n) is 5.87. The van der Waals surface area contributed by atoms with Crippen molar-refractivity contribution in [3.63, 3.8) is 0 Å². The summed E-state index contributed by atoms with van der Waals surface area (Å²) in [6.45, 7) is -0.186. The smallest absolute Gasteiger partial charge is 0.413 e. The number of rotatable bonds is 6. The van der Waals surface area contributed by atoms with Crippen molar-refractivity contribution in [3.05, 3.63) is 59.9 Å². The van der Waals surface area contributed by atoms with Gasteiger partial charge in [-0.15, -0.1) is 0 Å². The van der Waals surface area contributed by atoms with E-state index in [2.05, 4.69) is 14.9 Å². The molecule has 0 spiro atoms. The average molecular weight is 397 g/mol. The van der Waals surface area contributed by atoms with Gasteiger partial charge < -0.3 is 18.7 Å². The van der Waals surface area contributed by atoms with Crippen LogP contribution >= 0.6 is 0 Å². The molecule has 0 saturated carbocycles. The number of aromatic nitrogens is 2. The molecule has 0 N–H and O–H groups in total. The molecule has 0 saturated heterocycles. The standard InChI is InChI=1S/C20H19N3O6/c1-23(20(25)27-3)16-7-5-4-6-15(16)19(24)28-12-17-21-18(29-22-17)13-8-10-14(26-2)11-9-13/h4-11H,12H2,1-3H3. The van der Waals surface area contributed by atoms with Crippen molar-refractivity contribution >= 4 is 17.7 Å². The van der Waals surface area contributed by atoms with E-state index in [1.807, 2.05) is 0 Å². The maximum Gasteiger partial charge on any atom is 0.413 e. The minimum atomic E-state index is -0.632. The highest BCUT2D eigenvalue weighted by Crippen LogP contribution is 2.23. The van der Waals surface area contributed by atoms with Crippen molar-refractivity contribution in [2.75, 3.05) is 26.2 Å². The second kappa shape index (κ2) is 8.87. The lowest BCUT2D eigenvalue weighted by molar-refractivity contribution is 0.0460. The first-order valence-corrected chi connectivity index (χ1v) is 8.58. The maximum absolute atomic E-state index is 12.5. The monoisotopic (exact) mass is 397 g/mol. The van der Waals surface area contributed by atoms with Crippen LogP contribution in [0.25, 0.3) is 11.5 Å². The third kappa shape index (κ3) is 4.52. The van der Waals surface area contributed by atoms with Crippen molar-refractivity contribution in [1.29, 1.82) is 0 Å². The lowest BCUT2D eigenvalue weighted by Gasteiger charge is -2.18. The summed E-state index contributed by atoms with van der Waals surface area (Å²) < 4.78 is 20.3. The third-order valence-corrected chi connectivity index (χ3v) is 4.07. The molecule has 150 valence electrons. The van der Waals surface area contributed by atoms with Gasteiger partial charge in [-0.2, -0.15) is 4.98 Å². The van der Waals surface area contributed by atoms with Gasteiger partial charge in [0.1, 0.15) is 5.75 Å². The zero-order chi connectivity index (χ0) is 20.8. The van der Waals surface area contributed by atoms with Gasteiger partial charge in [0.2, 0.25) is 5.82 Å². The number of carbonyl (C=O) groups is 2. The summed E-state index contributed by atoms with van der Waals surface area (Å²) in [5.41, 5.74) is 1.27. The van der Waals surface area contributed by atoms with Crippen LogP contribution in [0.5, 0.6) is 5.75 Å². The molecule has 0 atom stereocenters. The summed E-state index contributed by atoms with van der Waals surface area (Å²) in [5.74, 6) is 0.581. The molecule has 0 aliphatic heterocycles. The Bertz CT molecular complexity index is 999. The Labute approximate surface area is 166 Å². The molecule has 0 fully saturated rings. The Hall–Kier alpha value is -3.88. The second-order valence-corrected chi connectivity index (χ2v) is 5.87. The van der Waals surface area contributed by atoms with Crippen molar-refractivity contribution in [2.24, 2.45) is 0 Å². The van der Waals surface area contributed by atoms with Gasteiger partial charge >= 0.3 is 12.1 Å². The molecule has 1 amide bonds. The van der Waals surface area contributed by atoms with E-state index in [9.17, 15) is 9.59 Å². The van der Waals surface area contributed by atoms with Gasteiger partial charge in [-0.1, -0.05) is 17.3 Å². The van der Waals surface area contributed by atoms with Crippen molar-refractivity contribution in [3.8, 4) is 17.2 Å². The summed E-state index contributed by atoms with van der Waals surface area (Å²) in [5, 5.41) is 3.82. The van der Waals surface area contributed by atoms with E-state index in [1.165, 1.54) is 19.1 Å². The van der Waals surface area contributed by atoms with Crippen LogP contribution in [0.1, 0.15) is 16.2 Å². The molecule has 9 heteroatoms. The van der Waals surface area contributed by atoms with Crippen molar-refractivity contribution in [2.45, 2.75) is 6.61 Å². The number of carbonyl (C=O) groups excluding carboxylic acids is 2. The fraction of sp³-hybridized carbons (Fsp3) is 0.200. The topological polar surface area (TPSA) is 104 Å². The minimum Gasteiger partial charge on any atom is -0.497 e. The number of methoxy groups -OCH3 is 2. The van der Waals surface area contributed by atoms with E-state index in [-0.39, 0.29) is 18.0 Å². The first-order valence-electron chi connectivity index (χ1n) is 8.58. The van der Waals surface area contributed by atoms with Gasteiger partial charge in [0, 0.05) is 12.6 Å². The normalized spacial score (nSPS) is 10.3. The van der Waals surface area contributed by atoms with Gasteiger partial charge in [-0.25, -0.2) is 9.59 Å². The first-order chi connectivity index (χ1) is 14.0. The lowest BCUT2D eigenvalue weighted by Crippen LogP contribution is -2.27. The van der Waals surface area contributed by atoms with Crippen LogP contribution in [0.3, 0.4) is 0 Å². The SMILES string of the molecule is COC(=O)N(C)c1ccccc1C(=O)OCc1noc(-c2ccc(OC)cc2)n1. The van der Waals surface area contributed by atoms with Gasteiger partial charge in [-0.05, 0) is 36.4 Å². The molecule has 3 aromatic rings. The molecule has 0 aliphatic rings. The lowest BCUT2D eigenvalue weighted by atomic mass is 10.1. The number of esters is 1. The van der Waals surface area contributed by atoms with E-state index in [0.29, 0.717) is 22.9 Å². The molecule has 0 unspecified atom stereocenters. The molecule has 29 heavy (non-hydrogen) atoms. The van der Waals surface area contributed by atoms with Crippen LogP contribution in [-0.4, -0.2) is 43.5 Å². The highest BCUT2D eigenvalue weighted by molar-refractivity contribution is 6.00. The van der Waals surface area contributed by atoms with Crippen LogP contribution in [0, 0.1) is 0 Å². The Balaban J connectivity index is 1.69. The Morgan fingerprint density at radius 2 is 1.79 bits per heavy atom. The zero-order valence-electron chi connectivity index (χ0n) is 16.1. The third-order valence-electron chi connectivity index (χ3n) is 4.07. The van der Waals surface area contributed by atoms with E-state index < -0.39 is 12.1 Å². The summed E-state index contributed by atoms with van der Waals surface area (Å²) in [6, 6.07) is 13.6. The van der Waals surface area contributed by atoms with E-state index in [0.717, 1.165) is 0 Å². The van der Waals surface area contributed by atoms with Crippen molar-refractivity contribution in [1.82, 2.24) is 10.1 Å². The van der Waals surface area contributed by atoms with E-state index >= 15 is 0 Å². The number of anilines is 1. The number of amides is 1. The molecule has 9 nitrogen and oxygen atoms in total. The van der Waals surface area contributed by atoms with Crippen molar-refractivity contribution < 1.29 is 28.3 Å². The van der Waals surface area contributed by atoms with Crippen LogP contribution in [0.4, 0.5) is 10.5 Å². The van der Waals surface area contributed by atoms with Crippen LogP contribution in [-0.2, 0) is 16.1 Å². The van der Waals surface area contributed by atoms with Crippen LogP contribution in [0.15, 0.2) is 53.1 Å². The molecular weight excluding hydrogens is 378 g/mol. The fourth-order valence-electron chi connectivity index (χ4n) is 2.55. The van der Waals surface area contributed by atoms with Gasteiger partial charge in [0.25, 0.3) is 5.89 Å². The number of benzene rings is 2. The molecule has 1 heterocycles. The van der Waals surface area contributed by atoms with E-state index in [1.54, 1.807) is 55.6 Å². The van der Waals surface area contributed by atoms with Gasteiger partial charge in [0.05, 0.1) is 25.5 Å². The Kier molecular flexibility index (Phi) is 6.08. The average Bonchev–Trinajstić information content (AvgIpc) is 3.25. The largest absolute Gasteiger partial charge is 0.497 e. The van der Waals surface area contributed by atoms with Crippen LogP contribution < -0.4 is 9.64 Å². The molecule has 0 radical (unpaired) electrons. The maximum atomic E-state index is 12.5. The highest BCUT2D eigenvalue weighted by atomic mass is 16.5. The number of hydrogen-bond acceptors (Lipinski definition) is 8. The number of nitrogens with zero attached hydrogens (tertiary/aromatic N) is 3. The first kappa shape index (κ1) is 19.9. The zero-order valence-corrected chi connectivity index (χ0v) is 16.1. The van der Waals surface area contributed by atoms with Crippen LogP contribution in [0.2, 0.25) is 0 Å². The molecule has 1 aromatic heterocycles. The molecule has 0 aliphatic carbocycles. The fourth-order valence-corrected chi connectivity index (χ4v) is 2.55. The number of para-hydroxylation sites is 1. The summed E-state index contributed by atoms with van der Waals surface area (Å²) in [4.78, 5) is 29.7. The Morgan fingerprint density at radius 3 is 2.48 bits per heavy atom. The Morgan fingerprint density at radius 1 is 1.07 bits per heavy atom. The number of hydrogen-bond donors (Lipinski definition) is 0. The summed E-state index contributed by atoms with van der Waals surface area (Å²) in [7, 11) is 4.34. The van der Waals surface area contributed by atoms with Gasteiger partial charge in [-0.3, -0.25) is 4.90 Å². The quantitative estimate of drug-likeness (QED) is 0.584. The predicted molar refractivity (Wildman–Crippen MR) is 103 cm³/mol. The predicted octanol–water partition coefficient (Wildman–Crippen LogP) is 3.30. The highest BCUT2D eigenvalue weighted by Gasteiger charge is 2.20. The minimum absolute atomic E-state index is 0.186. The number of ether oxygens (including phenoxy) is 3. The summed E-state index contributed by atoms with van der Waals surface area (Å²) in [6.07, 6.45) is -0.604. The molecule has 0 bridgehead atoms. The van der Waals surface area contributed by atoms with E-state index in [4.69, 9.17) is 14.0 Å². The molecule has 2 aromatic carbocycles. The summed E-state index contributed by atoms with van der Waals surface area (Å²) >= 11 is 0.